The topological polar surface area (TPSA) is 66.6 Å². The fourth-order valence-corrected chi connectivity index (χ4v) is 2.68. The summed E-state index contributed by atoms with van der Waals surface area (Å²) < 4.78 is 0. The van der Waals surface area contributed by atoms with Crippen LogP contribution >= 0.6 is 12.2 Å². The Balaban J connectivity index is 2.13. The summed E-state index contributed by atoms with van der Waals surface area (Å²) in [5, 5.41) is 9.70. The summed E-state index contributed by atoms with van der Waals surface area (Å²) in [6.07, 6.45) is 1.57. The summed E-state index contributed by atoms with van der Waals surface area (Å²) in [5.74, 6) is 0.115. The van der Waals surface area contributed by atoms with E-state index in [0.29, 0.717) is 29.2 Å². The van der Waals surface area contributed by atoms with Crippen molar-refractivity contribution in [1.29, 1.82) is 0 Å². The van der Waals surface area contributed by atoms with Crippen LogP contribution in [-0.4, -0.2) is 34.0 Å². The Morgan fingerprint density at radius 1 is 1.40 bits per heavy atom. The molecule has 0 unspecified atom stereocenters. The normalized spacial score (nSPS) is 17.8. The lowest BCUT2D eigenvalue weighted by atomic mass is 9.80. The smallest absolute Gasteiger partial charge is 0.254 e. The van der Waals surface area contributed by atoms with Crippen LogP contribution in [0.4, 0.5) is 0 Å². The van der Waals surface area contributed by atoms with Gasteiger partial charge in [0.05, 0.1) is 4.99 Å². The third kappa shape index (κ3) is 2.63. The molecule has 3 N–H and O–H groups in total. The van der Waals surface area contributed by atoms with E-state index < -0.39 is 0 Å². The third-order valence-corrected chi connectivity index (χ3v) is 4.78. The second-order valence-electron chi connectivity index (χ2n) is 5.67. The molecule has 2 rings (SSSR count). The number of phenolic OH excluding ortho intramolecular Hbond substituents is 1. The minimum Gasteiger partial charge on any atom is -0.508 e. The first-order valence-corrected chi connectivity index (χ1v) is 7.14. The highest BCUT2D eigenvalue weighted by molar-refractivity contribution is 7.80. The van der Waals surface area contributed by atoms with E-state index in [0.717, 1.165) is 12.8 Å². The molecule has 4 nitrogen and oxygen atoms in total. The molecule has 1 aromatic rings. The van der Waals surface area contributed by atoms with Crippen LogP contribution in [0.5, 0.6) is 5.75 Å². The number of amides is 1. The van der Waals surface area contributed by atoms with Crippen LogP contribution in [0.1, 0.15) is 35.7 Å². The molecule has 1 aliphatic heterocycles. The van der Waals surface area contributed by atoms with Gasteiger partial charge in [0.2, 0.25) is 0 Å². The Morgan fingerprint density at radius 2 is 2.00 bits per heavy atom. The van der Waals surface area contributed by atoms with Crippen molar-refractivity contribution in [3.63, 3.8) is 0 Å². The highest BCUT2D eigenvalue weighted by Crippen LogP contribution is 2.32. The summed E-state index contributed by atoms with van der Waals surface area (Å²) >= 11 is 5.11. The number of thiocarbonyl (C=S) groups is 1. The van der Waals surface area contributed by atoms with Gasteiger partial charge < -0.3 is 15.7 Å². The number of phenols is 1. The van der Waals surface area contributed by atoms with Crippen molar-refractivity contribution < 1.29 is 9.90 Å². The van der Waals surface area contributed by atoms with Crippen LogP contribution in [0, 0.1) is 12.3 Å². The monoisotopic (exact) mass is 292 g/mol. The SMILES string of the molecule is Cc1c(O)cccc1C(=O)N1CCC(C)(C(N)=S)CC1. The van der Waals surface area contributed by atoms with Crippen LogP contribution in [0.25, 0.3) is 0 Å². The molecule has 1 saturated heterocycles. The predicted molar refractivity (Wildman–Crippen MR) is 82.9 cm³/mol. The van der Waals surface area contributed by atoms with E-state index in [1.807, 2.05) is 4.90 Å². The van der Waals surface area contributed by atoms with Gasteiger partial charge in [-0.05, 0) is 31.9 Å². The first kappa shape index (κ1) is 14.8. The van der Waals surface area contributed by atoms with Gasteiger partial charge in [-0.25, -0.2) is 0 Å². The first-order valence-electron chi connectivity index (χ1n) is 6.73. The molecule has 1 aromatic carbocycles. The number of piperidine rings is 1. The van der Waals surface area contributed by atoms with Gasteiger partial charge in [-0.2, -0.15) is 0 Å². The second kappa shape index (κ2) is 5.40. The highest BCUT2D eigenvalue weighted by Gasteiger charge is 2.34. The van der Waals surface area contributed by atoms with Gasteiger partial charge in [-0.3, -0.25) is 4.79 Å². The quantitative estimate of drug-likeness (QED) is 0.820. The summed E-state index contributed by atoms with van der Waals surface area (Å²) in [6, 6.07) is 5.03. The molecule has 1 fully saturated rings. The molecule has 0 aliphatic carbocycles. The van der Waals surface area contributed by atoms with E-state index in [1.54, 1.807) is 25.1 Å². The number of rotatable bonds is 2. The van der Waals surface area contributed by atoms with Gasteiger partial charge in [-0.15, -0.1) is 0 Å². The van der Waals surface area contributed by atoms with Crippen LogP contribution in [0.15, 0.2) is 18.2 Å². The Bertz CT molecular complexity index is 549. The van der Waals surface area contributed by atoms with Crippen LogP contribution in [-0.2, 0) is 0 Å². The van der Waals surface area contributed by atoms with E-state index >= 15 is 0 Å². The van der Waals surface area contributed by atoms with Crippen LogP contribution in [0.3, 0.4) is 0 Å². The minimum atomic E-state index is -0.153. The van der Waals surface area contributed by atoms with E-state index in [4.69, 9.17) is 18.0 Å². The Labute approximate surface area is 124 Å². The highest BCUT2D eigenvalue weighted by atomic mass is 32.1. The second-order valence-corrected chi connectivity index (χ2v) is 6.11. The fourth-order valence-electron chi connectivity index (χ4n) is 2.48. The number of carbonyl (C=O) groups is 1. The number of likely N-dealkylation sites (tertiary alicyclic amines) is 1. The van der Waals surface area contributed by atoms with Gasteiger partial charge in [0.15, 0.2) is 0 Å². The summed E-state index contributed by atoms with van der Waals surface area (Å²) in [7, 11) is 0. The summed E-state index contributed by atoms with van der Waals surface area (Å²) in [5.41, 5.74) is 6.80. The zero-order valence-corrected chi connectivity index (χ0v) is 12.7. The zero-order chi connectivity index (χ0) is 14.9. The van der Waals surface area contributed by atoms with Crippen molar-refractivity contribution in [3.05, 3.63) is 29.3 Å². The molecule has 1 amide bonds. The average Bonchev–Trinajstić information content (AvgIpc) is 2.42. The van der Waals surface area contributed by atoms with Crippen LogP contribution in [0.2, 0.25) is 0 Å². The molecule has 1 aliphatic rings. The lowest BCUT2D eigenvalue weighted by Gasteiger charge is -2.38. The first-order chi connectivity index (χ1) is 9.35. The summed E-state index contributed by atoms with van der Waals surface area (Å²) in [4.78, 5) is 14.8. The van der Waals surface area contributed by atoms with E-state index in [9.17, 15) is 9.90 Å². The standard InChI is InChI=1S/C15H20N2O2S/c1-10-11(4-3-5-12(10)18)13(19)17-8-6-15(2,7-9-17)14(16)20/h3-5,18H,6-9H2,1-2H3,(H2,16,20). The maximum absolute atomic E-state index is 12.5. The average molecular weight is 292 g/mol. The predicted octanol–water partition coefficient (Wildman–Crippen LogP) is 2.23. The van der Waals surface area contributed by atoms with E-state index in [-0.39, 0.29) is 17.1 Å². The Hall–Kier alpha value is -1.62. The lowest BCUT2D eigenvalue weighted by Crippen LogP contribution is -2.46. The van der Waals surface area contributed by atoms with Gasteiger partial charge in [0.1, 0.15) is 5.75 Å². The number of aromatic hydroxyl groups is 1. The molecule has 0 aromatic heterocycles. The van der Waals surface area contributed by atoms with Crippen LogP contribution < -0.4 is 5.73 Å². The van der Waals surface area contributed by atoms with Crippen molar-refractivity contribution in [2.75, 3.05) is 13.1 Å². The lowest BCUT2D eigenvalue weighted by molar-refractivity contribution is 0.0669. The number of nitrogens with zero attached hydrogens (tertiary/aromatic N) is 1. The summed E-state index contributed by atoms with van der Waals surface area (Å²) in [6.45, 7) is 5.09. The third-order valence-electron chi connectivity index (χ3n) is 4.28. The Morgan fingerprint density at radius 3 is 2.55 bits per heavy atom. The molecular weight excluding hydrogens is 272 g/mol. The molecule has 0 radical (unpaired) electrons. The Kier molecular flexibility index (Phi) is 3.99. The molecule has 108 valence electrons. The molecule has 5 heteroatoms. The zero-order valence-electron chi connectivity index (χ0n) is 11.8. The molecular formula is C15H20N2O2S. The van der Waals surface area contributed by atoms with Gasteiger partial charge >= 0.3 is 0 Å². The van der Waals surface area contributed by atoms with Gasteiger partial charge in [0.25, 0.3) is 5.91 Å². The van der Waals surface area contributed by atoms with Crippen molar-refractivity contribution >= 4 is 23.1 Å². The maximum atomic E-state index is 12.5. The van der Waals surface area contributed by atoms with Crippen molar-refractivity contribution in [2.45, 2.75) is 26.7 Å². The number of hydrogen-bond acceptors (Lipinski definition) is 3. The molecule has 20 heavy (non-hydrogen) atoms. The van der Waals surface area contributed by atoms with Crippen molar-refractivity contribution in [3.8, 4) is 5.75 Å². The maximum Gasteiger partial charge on any atom is 0.254 e. The number of hydrogen-bond donors (Lipinski definition) is 2. The largest absolute Gasteiger partial charge is 0.508 e. The molecule has 1 heterocycles. The molecule has 0 bridgehead atoms. The number of nitrogens with two attached hydrogens (primary N) is 1. The van der Waals surface area contributed by atoms with Gasteiger partial charge in [-0.1, -0.05) is 25.2 Å². The van der Waals surface area contributed by atoms with Crippen molar-refractivity contribution in [1.82, 2.24) is 4.90 Å². The number of carbonyl (C=O) groups excluding carboxylic acids is 1. The van der Waals surface area contributed by atoms with Gasteiger partial charge in [0, 0.05) is 29.6 Å². The van der Waals surface area contributed by atoms with Crippen molar-refractivity contribution in [2.24, 2.45) is 11.1 Å². The fraction of sp³-hybridized carbons (Fsp3) is 0.467. The molecule has 0 spiro atoms. The minimum absolute atomic E-state index is 0.0385. The molecule has 0 saturated carbocycles. The van der Waals surface area contributed by atoms with E-state index in [1.165, 1.54) is 0 Å². The number of benzene rings is 1. The van der Waals surface area contributed by atoms with E-state index in [2.05, 4.69) is 6.92 Å². The molecule has 0 atom stereocenters.